The van der Waals surface area contributed by atoms with E-state index in [2.05, 4.69) is 15.9 Å². The third-order valence-corrected chi connectivity index (χ3v) is 5.02. The van der Waals surface area contributed by atoms with Gasteiger partial charge in [-0.25, -0.2) is 9.97 Å². The number of amides is 1. The molecule has 0 saturated carbocycles. The lowest BCUT2D eigenvalue weighted by atomic mass is 10.1. The average Bonchev–Trinajstić information content (AvgIpc) is 3.15. The van der Waals surface area contributed by atoms with Crippen LogP contribution < -0.4 is 10.5 Å². The number of carbonyl (C=O) groups is 1. The van der Waals surface area contributed by atoms with E-state index in [9.17, 15) is 18.0 Å². The van der Waals surface area contributed by atoms with E-state index in [1.807, 2.05) is 0 Å². The van der Waals surface area contributed by atoms with Crippen molar-refractivity contribution in [3.63, 3.8) is 0 Å². The number of halogens is 3. The molecule has 1 aliphatic rings. The molecule has 1 aromatic carbocycles. The minimum atomic E-state index is -4.62. The number of alkyl halides is 3. The molecule has 1 atom stereocenters. The van der Waals surface area contributed by atoms with E-state index in [1.165, 1.54) is 19.2 Å². The van der Waals surface area contributed by atoms with E-state index in [4.69, 9.17) is 21.3 Å². The fraction of sp³-hybridized carbons (Fsp3) is 0.286. The number of pyridine rings is 1. The number of nitrogens with two attached hydrogens (primary N) is 1. The van der Waals surface area contributed by atoms with Crippen LogP contribution in [-0.2, 0) is 6.18 Å². The van der Waals surface area contributed by atoms with Crippen molar-refractivity contribution >= 4 is 16.8 Å². The fourth-order valence-corrected chi connectivity index (χ4v) is 3.26. The van der Waals surface area contributed by atoms with Crippen LogP contribution in [0.15, 0.2) is 28.7 Å². The zero-order valence-corrected chi connectivity index (χ0v) is 16.4. The van der Waals surface area contributed by atoms with Gasteiger partial charge in [0.05, 0.1) is 7.11 Å². The number of terminal acetylenes is 1. The van der Waals surface area contributed by atoms with Gasteiger partial charge in [0.15, 0.2) is 11.5 Å². The minimum Gasteiger partial charge on any atom is -0.494 e. The molecule has 0 aliphatic carbocycles. The molecule has 31 heavy (non-hydrogen) atoms. The van der Waals surface area contributed by atoms with Crippen molar-refractivity contribution in [3.8, 4) is 29.5 Å². The van der Waals surface area contributed by atoms with E-state index >= 15 is 0 Å². The summed E-state index contributed by atoms with van der Waals surface area (Å²) in [5.41, 5.74) is 5.14. The van der Waals surface area contributed by atoms with Crippen LogP contribution in [0, 0.1) is 12.3 Å². The van der Waals surface area contributed by atoms with Crippen molar-refractivity contribution in [1.82, 2.24) is 14.9 Å². The third kappa shape index (κ3) is 3.57. The molecule has 10 heteroatoms. The average molecular weight is 430 g/mol. The van der Waals surface area contributed by atoms with Gasteiger partial charge in [-0.15, -0.1) is 6.42 Å². The van der Waals surface area contributed by atoms with E-state index in [0.717, 1.165) is 12.5 Å². The first-order valence-corrected chi connectivity index (χ1v) is 9.31. The van der Waals surface area contributed by atoms with Crippen LogP contribution in [0.25, 0.3) is 22.4 Å². The number of fused-ring (bicyclic) bond motifs is 1. The van der Waals surface area contributed by atoms with Gasteiger partial charge in [-0.3, -0.25) is 4.79 Å². The van der Waals surface area contributed by atoms with Crippen LogP contribution in [-0.4, -0.2) is 41.0 Å². The highest BCUT2D eigenvalue weighted by molar-refractivity contribution is 5.98. The Hall–Kier alpha value is -3.58. The summed E-state index contributed by atoms with van der Waals surface area (Å²) >= 11 is 0. The highest BCUT2D eigenvalue weighted by Crippen LogP contribution is 2.37. The highest BCUT2D eigenvalue weighted by Gasteiger charge is 2.34. The zero-order chi connectivity index (χ0) is 22.3. The Balaban J connectivity index is 1.89. The molecule has 1 saturated heterocycles. The van der Waals surface area contributed by atoms with E-state index in [0.29, 0.717) is 24.0 Å². The molecule has 1 aliphatic heterocycles. The van der Waals surface area contributed by atoms with Crippen molar-refractivity contribution < 1.29 is 27.1 Å². The van der Waals surface area contributed by atoms with E-state index in [1.54, 1.807) is 11.0 Å². The molecule has 3 aromatic rings. The van der Waals surface area contributed by atoms with Crippen LogP contribution >= 0.6 is 0 Å². The second-order valence-electron chi connectivity index (χ2n) is 6.93. The third-order valence-electron chi connectivity index (χ3n) is 5.02. The number of carbonyl (C=O) groups excluding carboxylic acids is 1. The standard InChI is InChI=1S/C21H17F3N4O3/c1-3-13(25)18-17(20(29)28-9-4-10-28)27-19(31-18)12-5-7-14(30-2)16-11(12)6-8-15(26-16)21(22,23)24/h1,5-8,13H,4,9-10,25H2,2H3. The van der Waals surface area contributed by atoms with Gasteiger partial charge in [0, 0.05) is 24.0 Å². The number of rotatable bonds is 4. The monoisotopic (exact) mass is 430 g/mol. The van der Waals surface area contributed by atoms with E-state index in [-0.39, 0.29) is 34.5 Å². The second-order valence-corrected chi connectivity index (χ2v) is 6.93. The molecule has 4 rings (SSSR count). The fourth-order valence-electron chi connectivity index (χ4n) is 3.26. The number of benzene rings is 1. The normalized spacial score (nSPS) is 14.8. The van der Waals surface area contributed by atoms with Gasteiger partial charge in [0.1, 0.15) is 23.0 Å². The summed E-state index contributed by atoms with van der Waals surface area (Å²) in [5.74, 6) is 2.12. The largest absolute Gasteiger partial charge is 0.494 e. The van der Waals surface area contributed by atoms with Crippen LogP contribution in [0.5, 0.6) is 5.75 Å². The smallest absolute Gasteiger partial charge is 0.433 e. The molecule has 160 valence electrons. The molecule has 3 heterocycles. The number of oxazole rings is 1. The Morgan fingerprint density at radius 1 is 1.29 bits per heavy atom. The first kappa shape index (κ1) is 20.7. The number of methoxy groups -OCH3 is 1. The van der Waals surface area contributed by atoms with Gasteiger partial charge in [0.2, 0.25) is 5.89 Å². The number of ether oxygens (including phenoxy) is 1. The summed E-state index contributed by atoms with van der Waals surface area (Å²) in [5, 5.41) is 0.303. The predicted octanol–water partition coefficient (Wildman–Crippen LogP) is 3.40. The van der Waals surface area contributed by atoms with Crippen LogP contribution in [0.3, 0.4) is 0 Å². The number of hydrogen-bond donors (Lipinski definition) is 1. The van der Waals surface area contributed by atoms with Crippen molar-refractivity contribution in [3.05, 3.63) is 41.4 Å². The molecule has 7 nitrogen and oxygen atoms in total. The zero-order valence-electron chi connectivity index (χ0n) is 16.4. The SMILES string of the molecule is C#CC(N)c1oc(-c2ccc(OC)c3nc(C(F)(F)F)ccc23)nc1C(=O)N1CCC1. The number of likely N-dealkylation sites (tertiary alicyclic amines) is 1. The molecule has 0 bridgehead atoms. The summed E-state index contributed by atoms with van der Waals surface area (Å²) in [4.78, 5) is 22.4. The molecule has 1 fully saturated rings. The van der Waals surface area contributed by atoms with E-state index < -0.39 is 17.9 Å². The summed E-state index contributed by atoms with van der Waals surface area (Å²) in [6.07, 6.45) is 1.66. The molecule has 0 spiro atoms. The number of nitrogens with zero attached hydrogens (tertiary/aromatic N) is 3. The maximum Gasteiger partial charge on any atom is 0.433 e. The molecule has 1 unspecified atom stereocenters. The molecular weight excluding hydrogens is 413 g/mol. The van der Waals surface area contributed by atoms with Gasteiger partial charge in [0.25, 0.3) is 5.91 Å². The van der Waals surface area contributed by atoms with Gasteiger partial charge in [-0.2, -0.15) is 13.2 Å². The second kappa shape index (κ2) is 7.59. The lowest BCUT2D eigenvalue weighted by molar-refractivity contribution is -0.140. The van der Waals surface area contributed by atoms with Gasteiger partial charge in [-0.05, 0) is 30.7 Å². The van der Waals surface area contributed by atoms with Crippen molar-refractivity contribution in [2.75, 3.05) is 20.2 Å². The first-order valence-electron chi connectivity index (χ1n) is 9.31. The number of hydrogen-bond acceptors (Lipinski definition) is 6. The van der Waals surface area contributed by atoms with Gasteiger partial charge < -0.3 is 19.8 Å². The Morgan fingerprint density at radius 3 is 2.61 bits per heavy atom. The lowest BCUT2D eigenvalue weighted by Gasteiger charge is -2.30. The summed E-state index contributed by atoms with van der Waals surface area (Å²) in [6.45, 7) is 1.17. The van der Waals surface area contributed by atoms with Crippen LogP contribution in [0.2, 0.25) is 0 Å². The maximum absolute atomic E-state index is 13.2. The Kier molecular flexibility index (Phi) is 5.07. The van der Waals surface area contributed by atoms with Crippen molar-refractivity contribution in [2.45, 2.75) is 18.6 Å². The summed E-state index contributed by atoms with van der Waals surface area (Å²) in [7, 11) is 1.33. The molecular formula is C21H17F3N4O3. The predicted molar refractivity (Wildman–Crippen MR) is 105 cm³/mol. The topological polar surface area (TPSA) is 94.5 Å². The Bertz CT molecular complexity index is 1210. The van der Waals surface area contributed by atoms with Crippen LogP contribution in [0.4, 0.5) is 13.2 Å². The highest BCUT2D eigenvalue weighted by atomic mass is 19.4. The molecule has 2 N–H and O–H groups in total. The minimum absolute atomic E-state index is 0.00112. The Morgan fingerprint density at radius 2 is 2.03 bits per heavy atom. The molecule has 0 radical (unpaired) electrons. The number of aromatic nitrogens is 2. The van der Waals surface area contributed by atoms with Crippen LogP contribution in [0.1, 0.15) is 34.4 Å². The van der Waals surface area contributed by atoms with Crippen molar-refractivity contribution in [1.29, 1.82) is 0 Å². The quantitative estimate of drug-likeness (QED) is 0.638. The maximum atomic E-state index is 13.2. The summed E-state index contributed by atoms with van der Waals surface area (Å²) in [6, 6.07) is 4.11. The molecule has 1 amide bonds. The molecule has 2 aromatic heterocycles. The van der Waals surface area contributed by atoms with Gasteiger partial charge >= 0.3 is 6.18 Å². The first-order chi connectivity index (χ1) is 14.7. The van der Waals surface area contributed by atoms with Crippen molar-refractivity contribution in [2.24, 2.45) is 5.73 Å². The Labute approximate surface area is 175 Å². The lowest BCUT2D eigenvalue weighted by Crippen LogP contribution is -2.42. The summed E-state index contributed by atoms with van der Waals surface area (Å²) < 4.78 is 50.4. The van der Waals surface area contributed by atoms with Gasteiger partial charge in [-0.1, -0.05) is 5.92 Å².